The topological polar surface area (TPSA) is 88.7 Å². The summed E-state index contributed by atoms with van der Waals surface area (Å²) in [5, 5.41) is 2.82. The van der Waals surface area contributed by atoms with Gasteiger partial charge < -0.3 is 14.8 Å². The van der Waals surface area contributed by atoms with Crippen LogP contribution >= 0.6 is 0 Å². The fourth-order valence-electron chi connectivity index (χ4n) is 5.95. The molecule has 2 amide bonds. The third kappa shape index (κ3) is 5.67. The monoisotopic (exact) mass is 547 g/mol. The number of carbonyl (C=O) groups excluding carboxylic acids is 2. The maximum atomic E-state index is 12.3. The lowest BCUT2D eigenvalue weighted by molar-refractivity contribution is 0.138. The third-order valence-electron chi connectivity index (χ3n) is 7.88. The Morgan fingerprint density at radius 2 is 0.927 bits per heavy atom. The number of ether oxygens (including phenoxy) is 2. The van der Waals surface area contributed by atoms with Crippen molar-refractivity contribution in [1.29, 1.82) is 0 Å². The Hall–Kier alpha value is -4.62. The molecule has 208 valence electrons. The molecule has 0 saturated heterocycles. The van der Waals surface area contributed by atoms with Crippen LogP contribution in [0.2, 0.25) is 0 Å². The Morgan fingerprint density at radius 1 is 0.537 bits per heavy atom. The molecule has 6 rings (SSSR count). The van der Waals surface area contributed by atoms with Gasteiger partial charge in [-0.25, -0.2) is 15.0 Å². The van der Waals surface area contributed by atoms with Crippen LogP contribution in [0.4, 0.5) is 9.59 Å². The molecule has 4 aromatic rings. The molecule has 0 aliphatic heterocycles. The highest BCUT2D eigenvalue weighted by molar-refractivity contribution is 5.80. The quantitative estimate of drug-likeness (QED) is 0.159. The molecular weight excluding hydrogens is 514 g/mol. The van der Waals surface area contributed by atoms with E-state index in [0.29, 0.717) is 19.7 Å². The van der Waals surface area contributed by atoms with Gasteiger partial charge in [0.25, 0.3) is 0 Å². The number of nitrogens with one attached hydrogen (secondary N) is 3. The van der Waals surface area contributed by atoms with Crippen LogP contribution in [0.25, 0.3) is 22.3 Å². The van der Waals surface area contributed by atoms with Gasteiger partial charge in [0.05, 0.1) is 0 Å². The highest BCUT2D eigenvalue weighted by Crippen LogP contribution is 2.45. The minimum atomic E-state index is -0.511. The van der Waals surface area contributed by atoms with E-state index in [1.807, 2.05) is 48.5 Å². The number of alkyl carbamates (subject to hydrolysis) is 1. The Bertz CT molecular complexity index is 1350. The average Bonchev–Trinajstić information content (AvgIpc) is 3.51. The molecular formula is C34H33N3O4. The van der Waals surface area contributed by atoms with Gasteiger partial charge in [0.15, 0.2) is 0 Å². The van der Waals surface area contributed by atoms with Crippen LogP contribution in [-0.2, 0) is 9.47 Å². The summed E-state index contributed by atoms with van der Waals surface area (Å²) in [5.41, 5.74) is 15.0. The number of hydrazine groups is 1. The summed E-state index contributed by atoms with van der Waals surface area (Å²) in [6.45, 7) is 1.61. The van der Waals surface area contributed by atoms with Gasteiger partial charge in [0.1, 0.15) is 13.2 Å². The molecule has 0 heterocycles. The lowest BCUT2D eigenvalue weighted by Gasteiger charge is -2.15. The standard InChI is InChI=1S/C34H33N3O4/c38-33(40-21-31-27-15-5-1-11-23(27)24-12-2-6-16-28(24)31)35-19-9-10-20-36-37-34(39)41-22-32-29-17-7-3-13-25(29)26-14-4-8-18-30(26)32/h1-8,11-18,31-32,36H,9-10,19-22H2,(H,35,38)(H,37,39). The van der Waals surface area contributed by atoms with E-state index in [9.17, 15) is 9.59 Å². The summed E-state index contributed by atoms with van der Waals surface area (Å²) in [5.74, 6) is 0.0680. The van der Waals surface area contributed by atoms with Crippen LogP contribution in [0.1, 0.15) is 46.9 Å². The summed E-state index contributed by atoms with van der Waals surface area (Å²) in [6.07, 6.45) is 0.567. The first-order valence-corrected chi connectivity index (χ1v) is 14.1. The summed E-state index contributed by atoms with van der Waals surface area (Å²) in [6, 6.07) is 33.0. The lowest BCUT2D eigenvalue weighted by atomic mass is 9.98. The Balaban J connectivity index is 0.864. The molecule has 2 aliphatic carbocycles. The molecule has 7 heteroatoms. The highest BCUT2D eigenvalue weighted by atomic mass is 16.6. The minimum Gasteiger partial charge on any atom is -0.449 e. The molecule has 4 aromatic carbocycles. The molecule has 41 heavy (non-hydrogen) atoms. The zero-order chi connectivity index (χ0) is 28.0. The highest BCUT2D eigenvalue weighted by Gasteiger charge is 2.30. The smallest absolute Gasteiger partial charge is 0.421 e. The van der Waals surface area contributed by atoms with Crippen LogP contribution in [0.3, 0.4) is 0 Å². The summed E-state index contributed by atoms with van der Waals surface area (Å²) < 4.78 is 11.1. The van der Waals surface area contributed by atoms with Gasteiger partial charge in [0.2, 0.25) is 0 Å². The molecule has 0 saturated carbocycles. The van der Waals surface area contributed by atoms with E-state index in [1.54, 1.807) is 0 Å². The van der Waals surface area contributed by atoms with Crippen molar-refractivity contribution >= 4 is 12.2 Å². The van der Waals surface area contributed by atoms with E-state index >= 15 is 0 Å². The number of hydrogen-bond acceptors (Lipinski definition) is 5. The Morgan fingerprint density at radius 3 is 1.39 bits per heavy atom. The number of fused-ring (bicyclic) bond motifs is 6. The van der Waals surface area contributed by atoms with Gasteiger partial charge in [-0.15, -0.1) is 0 Å². The van der Waals surface area contributed by atoms with Crippen molar-refractivity contribution in [2.75, 3.05) is 26.3 Å². The minimum absolute atomic E-state index is 0.0251. The van der Waals surface area contributed by atoms with E-state index in [4.69, 9.17) is 9.47 Å². The number of carbonyl (C=O) groups is 2. The molecule has 2 aliphatic rings. The first-order chi connectivity index (χ1) is 20.2. The first kappa shape index (κ1) is 26.6. The molecule has 0 radical (unpaired) electrons. The Labute approximate surface area is 239 Å². The summed E-state index contributed by atoms with van der Waals surface area (Å²) in [7, 11) is 0. The lowest BCUT2D eigenvalue weighted by Crippen LogP contribution is -2.39. The third-order valence-corrected chi connectivity index (χ3v) is 7.88. The first-order valence-electron chi connectivity index (χ1n) is 14.1. The fraction of sp³-hybridized carbons (Fsp3) is 0.235. The summed E-state index contributed by atoms with van der Waals surface area (Å²) >= 11 is 0. The summed E-state index contributed by atoms with van der Waals surface area (Å²) in [4.78, 5) is 24.6. The van der Waals surface area contributed by atoms with Crippen LogP contribution in [0.5, 0.6) is 0 Å². The van der Waals surface area contributed by atoms with Crippen molar-refractivity contribution in [1.82, 2.24) is 16.2 Å². The molecule has 0 bridgehead atoms. The van der Waals surface area contributed by atoms with Gasteiger partial charge in [-0.3, -0.25) is 5.43 Å². The van der Waals surface area contributed by atoms with Crippen LogP contribution in [-0.4, -0.2) is 38.5 Å². The van der Waals surface area contributed by atoms with Crippen LogP contribution in [0.15, 0.2) is 97.1 Å². The van der Waals surface area contributed by atoms with Crippen molar-refractivity contribution in [2.45, 2.75) is 24.7 Å². The van der Waals surface area contributed by atoms with Crippen molar-refractivity contribution in [2.24, 2.45) is 0 Å². The Kier molecular flexibility index (Phi) is 7.96. The molecule has 0 atom stereocenters. The molecule has 0 aromatic heterocycles. The zero-order valence-corrected chi connectivity index (χ0v) is 22.8. The maximum Gasteiger partial charge on any atom is 0.421 e. The largest absolute Gasteiger partial charge is 0.449 e. The predicted molar refractivity (Wildman–Crippen MR) is 159 cm³/mol. The molecule has 3 N–H and O–H groups in total. The van der Waals surface area contributed by atoms with Crippen LogP contribution < -0.4 is 16.2 Å². The molecule has 7 nitrogen and oxygen atoms in total. The van der Waals surface area contributed by atoms with E-state index < -0.39 is 12.2 Å². The van der Waals surface area contributed by atoms with Gasteiger partial charge in [0, 0.05) is 24.9 Å². The van der Waals surface area contributed by atoms with E-state index in [1.165, 1.54) is 44.5 Å². The van der Waals surface area contributed by atoms with Crippen LogP contribution in [0, 0.1) is 0 Å². The SMILES string of the molecule is O=C(NCCCCNNC(=O)OCC1c2ccccc2-c2ccccc21)OCC1c2ccccc2-c2ccccc21. The van der Waals surface area contributed by atoms with Gasteiger partial charge in [-0.1, -0.05) is 97.1 Å². The second-order valence-corrected chi connectivity index (χ2v) is 10.3. The second-order valence-electron chi connectivity index (χ2n) is 10.3. The molecule has 0 unspecified atom stereocenters. The molecule has 0 spiro atoms. The average molecular weight is 548 g/mol. The van der Waals surface area contributed by atoms with E-state index in [2.05, 4.69) is 64.7 Å². The van der Waals surface area contributed by atoms with Gasteiger partial charge in [-0.2, -0.15) is 0 Å². The van der Waals surface area contributed by atoms with Crippen molar-refractivity contribution in [3.63, 3.8) is 0 Å². The fourth-order valence-corrected chi connectivity index (χ4v) is 5.95. The number of amides is 2. The number of unbranched alkanes of at least 4 members (excludes halogenated alkanes) is 1. The van der Waals surface area contributed by atoms with Crippen molar-refractivity contribution in [3.8, 4) is 22.3 Å². The van der Waals surface area contributed by atoms with E-state index in [0.717, 1.165) is 12.8 Å². The van der Waals surface area contributed by atoms with Crippen molar-refractivity contribution < 1.29 is 19.1 Å². The van der Waals surface area contributed by atoms with Crippen molar-refractivity contribution in [3.05, 3.63) is 119 Å². The zero-order valence-electron chi connectivity index (χ0n) is 22.8. The second kappa shape index (κ2) is 12.3. The molecule has 0 fully saturated rings. The number of hydrogen-bond donors (Lipinski definition) is 3. The maximum absolute atomic E-state index is 12.3. The predicted octanol–water partition coefficient (Wildman–Crippen LogP) is 6.35. The number of benzene rings is 4. The number of rotatable bonds is 10. The van der Waals surface area contributed by atoms with E-state index in [-0.39, 0.29) is 18.4 Å². The van der Waals surface area contributed by atoms with Gasteiger partial charge >= 0.3 is 12.2 Å². The van der Waals surface area contributed by atoms with Gasteiger partial charge in [-0.05, 0) is 57.3 Å². The normalized spacial score (nSPS) is 13.1.